The lowest BCUT2D eigenvalue weighted by Gasteiger charge is -2.45. The van der Waals surface area contributed by atoms with Crippen LogP contribution in [-0.4, -0.2) is 44.7 Å². The van der Waals surface area contributed by atoms with Gasteiger partial charge in [0.2, 0.25) is 5.91 Å². The maximum atomic E-state index is 14.1. The number of anilines is 2. The minimum absolute atomic E-state index is 0.0219. The molecule has 1 amide bonds. The molecule has 2 aromatic carbocycles. The summed E-state index contributed by atoms with van der Waals surface area (Å²) in [6.07, 6.45) is -6.74. The average Bonchev–Trinajstić information content (AvgIpc) is 3.44. The summed E-state index contributed by atoms with van der Waals surface area (Å²) in [4.78, 5) is 30.2. The first-order valence-electron chi connectivity index (χ1n) is 15.6. The van der Waals surface area contributed by atoms with Gasteiger partial charge in [-0.05, 0) is 105 Å². The SMILES string of the molecule is CCOC(=O)CC1CCC(C(=O)N2c3ccc(C(F)(F)F)cc3C(N(Cc3cc(Cl)cc(C(F)(F)F)c3)c3nnn(C)n3)C[C@@H]2C)CC1. The third-order valence-corrected chi connectivity index (χ3v) is 9.16. The van der Waals surface area contributed by atoms with E-state index in [4.69, 9.17) is 16.3 Å². The van der Waals surface area contributed by atoms with E-state index < -0.39 is 41.5 Å². The second-order valence-electron chi connectivity index (χ2n) is 12.4. The number of alkyl halides is 6. The Morgan fingerprint density at radius 1 is 1.00 bits per heavy atom. The number of aromatic nitrogens is 4. The Labute approximate surface area is 278 Å². The van der Waals surface area contributed by atoms with Crippen molar-refractivity contribution in [3.63, 3.8) is 0 Å². The predicted molar refractivity (Wildman–Crippen MR) is 164 cm³/mol. The highest BCUT2D eigenvalue weighted by molar-refractivity contribution is 6.30. The summed E-state index contributed by atoms with van der Waals surface area (Å²) in [5, 5.41) is 12.0. The van der Waals surface area contributed by atoms with Crippen LogP contribution in [0.3, 0.4) is 0 Å². The molecule has 16 heteroatoms. The minimum Gasteiger partial charge on any atom is -0.466 e. The number of halogens is 7. The summed E-state index contributed by atoms with van der Waals surface area (Å²) in [6.45, 7) is 3.55. The van der Waals surface area contributed by atoms with E-state index in [2.05, 4.69) is 15.4 Å². The number of nitrogens with zero attached hydrogens (tertiary/aromatic N) is 6. The highest BCUT2D eigenvalue weighted by Gasteiger charge is 2.42. The van der Waals surface area contributed by atoms with Crippen molar-refractivity contribution in [2.45, 2.75) is 83.4 Å². The average molecular weight is 701 g/mol. The van der Waals surface area contributed by atoms with Crippen LogP contribution in [0.5, 0.6) is 0 Å². The third-order valence-electron chi connectivity index (χ3n) is 8.94. The smallest absolute Gasteiger partial charge is 0.416 e. The van der Waals surface area contributed by atoms with Gasteiger partial charge in [-0.1, -0.05) is 16.7 Å². The first kappa shape index (κ1) is 35.4. The second kappa shape index (κ2) is 13.9. The maximum absolute atomic E-state index is 14.1. The molecule has 1 unspecified atom stereocenters. The van der Waals surface area contributed by atoms with E-state index in [1.165, 1.54) is 29.0 Å². The number of amides is 1. The summed E-state index contributed by atoms with van der Waals surface area (Å²) in [7, 11) is 1.48. The highest BCUT2D eigenvalue weighted by atomic mass is 35.5. The van der Waals surface area contributed by atoms with E-state index in [0.29, 0.717) is 25.7 Å². The Balaban J connectivity index is 1.52. The van der Waals surface area contributed by atoms with Crippen molar-refractivity contribution in [3.8, 4) is 0 Å². The van der Waals surface area contributed by atoms with Crippen LogP contribution in [0.1, 0.15) is 80.7 Å². The zero-order valence-electron chi connectivity index (χ0n) is 26.5. The Kier molecular flexibility index (Phi) is 10.3. The molecule has 1 fully saturated rings. The van der Waals surface area contributed by atoms with Crippen LogP contribution < -0.4 is 9.80 Å². The van der Waals surface area contributed by atoms with Crippen molar-refractivity contribution in [2.24, 2.45) is 18.9 Å². The molecule has 260 valence electrons. The first-order chi connectivity index (χ1) is 22.5. The van der Waals surface area contributed by atoms with Crippen LogP contribution in [0.15, 0.2) is 36.4 Å². The second-order valence-corrected chi connectivity index (χ2v) is 12.8. The maximum Gasteiger partial charge on any atom is 0.416 e. The Morgan fingerprint density at radius 3 is 2.29 bits per heavy atom. The van der Waals surface area contributed by atoms with Gasteiger partial charge in [-0.15, -0.1) is 5.10 Å². The number of benzene rings is 2. The standard InChI is InChI=1S/C32H35ClF6N6O3/c1-4-48-28(46)14-19-5-7-21(8-6-19)29(47)45-18(2)11-27(25-16-22(31(34,35)36)9-10-26(25)45)44(30-40-42-43(3)41-30)17-20-12-23(32(37,38)39)15-24(33)13-20/h9-10,12-13,15-16,18-19,21,27H,4-8,11,14,17H2,1-3H3/t18-,19?,21?,27?/m0/s1. The topological polar surface area (TPSA) is 93.5 Å². The van der Waals surface area contributed by atoms with Crippen molar-refractivity contribution in [1.82, 2.24) is 20.2 Å². The van der Waals surface area contributed by atoms with E-state index in [1.54, 1.807) is 13.8 Å². The number of esters is 1. The molecule has 1 saturated carbocycles. The van der Waals surface area contributed by atoms with Gasteiger partial charge in [0, 0.05) is 35.6 Å². The lowest BCUT2D eigenvalue weighted by Crippen LogP contribution is -2.49. The number of ether oxygens (including phenoxy) is 1. The van der Waals surface area contributed by atoms with Crippen LogP contribution in [0.25, 0.3) is 0 Å². The summed E-state index contributed by atoms with van der Waals surface area (Å²) in [6, 6.07) is 4.81. The first-order valence-corrected chi connectivity index (χ1v) is 16.0. The van der Waals surface area contributed by atoms with Gasteiger partial charge in [-0.25, -0.2) is 0 Å². The van der Waals surface area contributed by atoms with Crippen LogP contribution >= 0.6 is 11.6 Å². The fraction of sp³-hybridized carbons (Fsp3) is 0.531. The zero-order chi connectivity index (χ0) is 35.0. The molecule has 48 heavy (non-hydrogen) atoms. The van der Waals surface area contributed by atoms with Gasteiger partial charge in [0.1, 0.15) is 0 Å². The normalized spacial score (nSPS) is 21.5. The molecule has 0 N–H and O–H groups in total. The highest BCUT2D eigenvalue weighted by Crippen LogP contribution is 2.46. The van der Waals surface area contributed by atoms with Gasteiger partial charge in [0.25, 0.3) is 5.95 Å². The molecule has 1 aliphatic heterocycles. The van der Waals surface area contributed by atoms with E-state index in [0.717, 1.165) is 29.1 Å². The lowest BCUT2D eigenvalue weighted by atomic mass is 9.79. The molecule has 1 aromatic heterocycles. The van der Waals surface area contributed by atoms with Crippen LogP contribution in [-0.2, 0) is 40.3 Å². The summed E-state index contributed by atoms with van der Waals surface area (Å²) in [5.41, 5.74) is -1.38. The molecule has 1 aliphatic carbocycles. The van der Waals surface area contributed by atoms with Gasteiger partial charge >= 0.3 is 18.3 Å². The molecule has 3 aromatic rings. The van der Waals surface area contributed by atoms with Crippen molar-refractivity contribution in [1.29, 1.82) is 0 Å². The minimum atomic E-state index is -4.71. The Hall–Kier alpha value is -3.88. The molecule has 0 spiro atoms. The van der Waals surface area contributed by atoms with Gasteiger partial charge < -0.3 is 14.5 Å². The fourth-order valence-electron chi connectivity index (χ4n) is 6.72. The summed E-state index contributed by atoms with van der Waals surface area (Å²) in [5.74, 6) is -0.860. The zero-order valence-corrected chi connectivity index (χ0v) is 27.2. The molecule has 0 saturated heterocycles. The van der Waals surface area contributed by atoms with Gasteiger partial charge in [-0.2, -0.15) is 31.1 Å². The van der Waals surface area contributed by atoms with Gasteiger partial charge in [0.05, 0.1) is 30.8 Å². The molecular formula is C32H35ClF6N6O3. The fourth-order valence-corrected chi connectivity index (χ4v) is 6.98. The number of fused-ring (bicyclic) bond motifs is 1. The number of carbonyl (C=O) groups is 2. The van der Waals surface area contributed by atoms with Crippen LogP contribution in [0, 0.1) is 11.8 Å². The number of hydrogen-bond acceptors (Lipinski definition) is 7. The number of tetrazole rings is 1. The van der Waals surface area contributed by atoms with Crippen molar-refractivity contribution >= 4 is 35.1 Å². The molecule has 2 aliphatic rings. The van der Waals surface area contributed by atoms with E-state index >= 15 is 0 Å². The Morgan fingerprint density at radius 2 is 1.69 bits per heavy atom. The van der Waals surface area contributed by atoms with Crippen LogP contribution in [0.2, 0.25) is 5.02 Å². The molecule has 5 rings (SSSR count). The predicted octanol–water partition coefficient (Wildman–Crippen LogP) is 7.53. The van der Waals surface area contributed by atoms with Crippen molar-refractivity contribution < 1.29 is 40.7 Å². The van der Waals surface area contributed by atoms with E-state index in [-0.39, 0.29) is 71.6 Å². The van der Waals surface area contributed by atoms with Crippen molar-refractivity contribution in [3.05, 3.63) is 63.7 Å². The molecule has 9 nitrogen and oxygen atoms in total. The number of rotatable bonds is 8. The third kappa shape index (κ3) is 7.87. The van der Waals surface area contributed by atoms with E-state index in [9.17, 15) is 35.9 Å². The summed E-state index contributed by atoms with van der Waals surface area (Å²) >= 11 is 6.07. The monoisotopic (exact) mass is 700 g/mol. The van der Waals surface area contributed by atoms with Gasteiger partial charge in [0.15, 0.2) is 0 Å². The Bertz CT molecular complexity index is 1640. The lowest BCUT2D eigenvalue weighted by molar-refractivity contribution is -0.144. The molecule has 2 heterocycles. The van der Waals surface area contributed by atoms with E-state index in [1.807, 2.05) is 0 Å². The largest absolute Gasteiger partial charge is 0.466 e. The summed E-state index contributed by atoms with van der Waals surface area (Å²) < 4.78 is 88.3. The number of carbonyl (C=O) groups excluding carboxylic acids is 2. The van der Waals surface area contributed by atoms with Crippen molar-refractivity contribution in [2.75, 3.05) is 16.4 Å². The molecular weight excluding hydrogens is 666 g/mol. The molecule has 2 atom stereocenters. The number of hydrogen-bond donors (Lipinski definition) is 0. The van der Waals surface area contributed by atoms with Crippen LogP contribution in [0.4, 0.5) is 38.0 Å². The van der Waals surface area contributed by atoms with Gasteiger partial charge in [-0.3, -0.25) is 9.59 Å². The molecule has 0 radical (unpaired) electrons. The number of aryl methyl sites for hydroxylation is 1. The quantitative estimate of drug-likeness (QED) is 0.177. The molecule has 0 bridgehead atoms.